The van der Waals surface area contributed by atoms with Crippen LogP contribution in [-0.4, -0.2) is 9.19 Å². The van der Waals surface area contributed by atoms with Crippen molar-refractivity contribution in [3.05, 3.63) is 53.4 Å². The summed E-state index contributed by atoms with van der Waals surface area (Å²) in [6, 6.07) is 12.2. The van der Waals surface area contributed by atoms with Crippen LogP contribution in [0.3, 0.4) is 0 Å². The van der Waals surface area contributed by atoms with E-state index in [1.165, 1.54) is 0 Å². The van der Waals surface area contributed by atoms with Crippen molar-refractivity contribution in [2.45, 2.75) is 10.6 Å². The lowest BCUT2D eigenvalue weighted by Gasteiger charge is -1.99. The lowest BCUT2D eigenvalue weighted by molar-refractivity contribution is 0.552. The molecule has 0 spiro atoms. The summed E-state index contributed by atoms with van der Waals surface area (Å²) < 4.78 is 17.8. The first kappa shape index (κ1) is 13.1. The van der Waals surface area contributed by atoms with Crippen LogP contribution in [0.15, 0.2) is 51.8 Å². The standard InChI is InChI=1S/C14H11ClN2O2S/c15-9-2-1-3-11(6-9)20(18)8-14-17-12-5-4-10(16)7-13(12)19-14/h1-7H,8,16H2. The van der Waals surface area contributed by atoms with Gasteiger partial charge in [0, 0.05) is 21.7 Å². The van der Waals surface area contributed by atoms with Crippen molar-refractivity contribution in [1.82, 2.24) is 4.98 Å². The summed E-state index contributed by atoms with van der Waals surface area (Å²) in [5.41, 5.74) is 7.59. The fourth-order valence-corrected chi connectivity index (χ4v) is 3.11. The summed E-state index contributed by atoms with van der Waals surface area (Å²) in [6.45, 7) is 0. The second-order valence-electron chi connectivity index (χ2n) is 4.28. The third kappa shape index (κ3) is 2.69. The van der Waals surface area contributed by atoms with Crippen molar-refractivity contribution in [3.63, 3.8) is 0 Å². The number of rotatable bonds is 3. The zero-order chi connectivity index (χ0) is 14.1. The predicted octanol–water partition coefficient (Wildman–Crippen LogP) is 3.37. The van der Waals surface area contributed by atoms with Gasteiger partial charge in [-0.3, -0.25) is 4.21 Å². The second-order valence-corrected chi connectivity index (χ2v) is 6.17. The number of aromatic nitrogens is 1. The molecule has 2 aromatic carbocycles. The minimum absolute atomic E-state index is 0.203. The Hall–Kier alpha value is -1.85. The van der Waals surface area contributed by atoms with Crippen LogP contribution in [0, 0.1) is 0 Å². The summed E-state index contributed by atoms with van der Waals surface area (Å²) >= 11 is 5.89. The normalized spacial score (nSPS) is 12.7. The number of nitrogens with zero attached hydrogens (tertiary/aromatic N) is 1. The van der Waals surface area contributed by atoms with Crippen LogP contribution in [-0.2, 0) is 16.6 Å². The van der Waals surface area contributed by atoms with Crippen LogP contribution in [0.1, 0.15) is 5.89 Å². The Bertz CT molecular complexity index is 801. The fourth-order valence-electron chi connectivity index (χ4n) is 1.85. The van der Waals surface area contributed by atoms with Gasteiger partial charge in [-0.05, 0) is 30.3 Å². The van der Waals surface area contributed by atoms with E-state index >= 15 is 0 Å². The molecule has 0 aliphatic heterocycles. The van der Waals surface area contributed by atoms with Gasteiger partial charge in [-0.1, -0.05) is 17.7 Å². The third-order valence-corrected chi connectivity index (χ3v) is 4.29. The molecule has 0 amide bonds. The van der Waals surface area contributed by atoms with Crippen LogP contribution in [0.5, 0.6) is 0 Å². The van der Waals surface area contributed by atoms with Gasteiger partial charge in [-0.15, -0.1) is 0 Å². The molecule has 0 fully saturated rings. The highest BCUT2D eigenvalue weighted by molar-refractivity contribution is 7.84. The van der Waals surface area contributed by atoms with Crippen molar-refractivity contribution in [1.29, 1.82) is 0 Å². The van der Waals surface area contributed by atoms with E-state index in [2.05, 4.69) is 4.98 Å². The van der Waals surface area contributed by atoms with E-state index < -0.39 is 10.8 Å². The maximum atomic E-state index is 12.2. The number of hydrogen-bond donors (Lipinski definition) is 1. The highest BCUT2D eigenvalue weighted by Gasteiger charge is 2.11. The van der Waals surface area contributed by atoms with E-state index in [9.17, 15) is 4.21 Å². The van der Waals surface area contributed by atoms with Gasteiger partial charge in [0.15, 0.2) is 5.58 Å². The number of halogens is 1. The number of oxazole rings is 1. The van der Waals surface area contributed by atoms with Crippen molar-refractivity contribution in [2.24, 2.45) is 0 Å². The summed E-state index contributed by atoms with van der Waals surface area (Å²) in [4.78, 5) is 4.95. The topological polar surface area (TPSA) is 69.1 Å². The lowest BCUT2D eigenvalue weighted by atomic mass is 10.3. The first-order valence-electron chi connectivity index (χ1n) is 5.91. The summed E-state index contributed by atoms with van der Waals surface area (Å²) in [6.07, 6.45) is 0. The van der Waals surface area contributed by atoms with E-state index in [0.29, 0.717) is 32.6 Å². The van der Waals surface area contributed by atoms with Gasteiger partial charge in [0.05, 0.1) is 10.8 Å². The van der Waals surface area contributed by atoms with Gasteiger partial charge < -0.3 is 10.2 Å². The zero-order valence-electron chi connectivity index (χ0n) is 10.4. The summed E-state index contributed by atoms with van der Waals surface area (Å²) in [5.74, 6) is 0.624. The lowest BCUT2D eigenvalue weighted by Crippen LogP contribution is -1.96. The van der Waals surface area contributed by atoms with Crippen molar-refractivity contribution < 1.29 is 8.63 Å². The van der Waals surface area contributed by atoms with Crippen LogP contribution >= 0.6 is 11.6 Å². The van der Waals surface area contributed by atoms with Gasteiger partial charge >= 0.3 is 0 Å². The average Bonchev–Trinajstić information content (AvgIpc) is 2.80. The number of nitrogens with two attached hydrogens (primary N) is 1. The van der Waals surface area contributed by atoms with E-state index in [-0.39, 0.29) is 5.75 Å². The maximum absolute atomic E-state index is 12.2. The van der Waals surface area contributed by atoms with E-state index in [0.717, 1.165) is 0 Å². The van der Waals surface area contributed by atoms with Crippen molar-refractivity contribution in [3.8, 4) is 0 Å². The monoisotopic (exact) mass is 306 g/mol. The molecule has 3 rings (SSSR count). The molecule has 20 heavy (non-hydrogen) atoms. The summed E-state index contributed by atoms with van der Waals surface area (Å²) in [7, 11) is -1.25. The van der Waals surface area contributed by atoms with E-state index in [1.807, 2.05) is 0 Å². The molecular weight excluding hydrogens is 296 g/mol. The van der Waals surface area contributed by atoms with Gasteiger partial charge in [0.2, 0.25) is 5.89 Å². The zero-order valence-corrected chi connectivity index (χ0v) is 11.9. The Morgan fingerprint density at radius 3 is 2.90 bits per heavy atom. The number of fused-ring (bicyclic) bond motifs is 1. The highest BCUT2D eigenvalue weighted by atomic mass is 35.5. The largest absolute Gasteiger partial charge is 0.440 e. The number of anilines is 1. The molecule has 0 saturated carbocycles. The molecule has 6 heteroatoms. The molecular formula is C14H11ClN2O2S. The SMILES string of the molecule is Nc1ccc2nc(CS(=O)c3cccc(Cl)c3)oc2c1. The minimum Gasteiger partial charge on any atom is -0.440 e. The molecule has 0 bridgehead atoms. The van der Waals surface area contributed by atoms with Gasteiger partial charge in [-0.25, -0.2) is 4.98 Å². The van der Waals surface area contributed by atoms with Gasteiger partial charge in [0.25, 0.3) is 0 Å². The van der Waals surface area contributed by atoms with E-state index in [1.54, 1.807) is 42.5 Å². The van der Waals surface area contributed by atoms with Crippen LogP contribution in [0.2, 0.25) is 5.02 Å². The third-order valence-electron chi connectivity index (χ3n) is 2.77. The quantitative estimate of drug-likeness (QED) is 0.753. The second kappa shape index (κ2) is 5.26. The molecule has 2 N–H and O–H groups in total. The Balaban J connectivity index is 1.87. The number of nitrogen functional groups attached to an aromatic ring is 1. The molecule has 1 atom stereocenters. The number of hydrogen-bond acceptors (Lipinski definition) is 4. The maximum Gasteiger partial charge on any atom is 0.208 e. The molecule has 3 aromatic rings. The Labute approximate surface area is 123 Å². The highest BCUT2D eigenvalue weighted by Crippen LogP contribution is 2.21. The van der Waals surface area contributed by atoms with Crippen LogP contribution in [0.25, 0.3) is 11.1 Å². The van der Waals surface area contributed by atoms with Gasteiger partial charge in [0.1, 0.15) is 11.3 Å². The van der Waals surface area contributed by atoms with E-state index in [4.69, 9.17) is 21.8 Å². The predicted molar refractivity (Wildman–Crippen MR) is 80.0 cm³/mol. The molecule has 1 unspecified atom stereocenters. The smallest absolute Gasteiger partial charge is 0.208 e. The molecule has 1 aromatic heterocycles. The molecule has 0 radical (unpaired) electrons. The Morgan fingerprint density at radius 1 is 1.25 bits per heavy atom. The molecule has 0 aliphatic rings. The average molecular weight is 307 g/mol. The molecule has 1 heterocycles. The molecule has 0 aliphatic carbocycles. The Kier molecular flexibility index (Phi) is 3.46. The Morgan fingerprint density at radius 2 is 2.10 bits per heavy atom. The fraction of sp³-hybridized carbons (Fsp3) is 0.0714. The van der Waals surface area contributed by atoms with Crippen LogP contribution in [0.4, 0.5) is 5.69 Å². The van der Waals surface area contributed by atoms with Gasteiger partial charge in [-0.2, -0.15) is 0 Å². The van der Waals surface area contributed by atoms with Crippen LogP contribution < -0.4 is 5.73 Å². The van der Waals surface area contributed by atoms with Crippen molar-refractivity contribution >= 4 is 39.2 Å². The first-order valence-corrected chi connectivity index (χ1v) is 7.60. The molecule has 4 nitrogen and oxygen atoms in total. The summed E-state index contributed by atoms with van der Waals surface area (Å²) in [5, 5.41) is 0.557. The minimum atomic E-state index is -1.25. The molecule has 102 valence electrons. The number of benzene rings is 2. The molecule has 0 saturated heterocycles. The van der Waals surface area contributed by atoms with Crippen molar-refractivity contribution in [2.75, 3.05) is 5.73 Å². The first-order chi connectivity index (χ1) is 9.61.